The molecule has 0 atom stereocenters. The van der Waals surface area contributed by atoms with Crippen LogP contribution in [0.15, 0.2) is 30.6 Å². The maximum Gasteiger partial charge on any atom is 0.133 e. The van der Waals surface area contributed by atoms with E-state index in [9.17, 15) is 0 Å². The molecular formula is C13H14ClN3. The topological polar surface area (TPSA) is 38.7 Å². The molecule has 3 nitrogen and oxygen atoms in total. The van der Waals surface area contributed by atoms with Crippen LogP contribution in [0.4, 0.5) is 0 Å². The third-order valence-electron chi connectivity index (χ3n) is 2.42. The van der Waals surface area contributed by atoms with Crippen LogP contribution in [0.5, 0.6) is 0 Å². The third-order valence-corrected chi connectivity index (χ3v) is 2.61. The Morgan fingerprint density at radius 1 is 1.18 bits per heavy atom. The van der Waals surface area contributed by atoms with Gasteiger partial charge in [0.25, 0.3) is 0 Å². The Labute approximate surface area is 106 Å². The van der Waals surface area contributed by atoms with E-state index >= 15 is 0 Å². The summed E-state index contributed by atoms with van der Waals surface area (Å²) in [6, 6.07) is 5.77. The summed E-state index contributed by atoms with van der Waals surface area (Å²) in [4.78, 5) is 12.7. The van der Waals surface area contributed by atoms with E-state index in [1.807, 2.05) is 18.2 Å². The third kappa shape index (κ3) is 3.24. The Kier molecular flexibility index (Phi) is 3.69. The first-order valence-corrected chi connectivity index (χ1v) is 5.95. The Balaban J connectivity index is 2.27. The minimum atomic E-state index is 0.282. The van der Waals surface area contributed by atoms with E-state index in [1.165, 1.54) is 5.56 Å². The second-order valence-electron chi connectivity index (χ2n) is 4.23. The summed E-state index contributed by atoms with van der Waals surface area (Å²) >= 11 is 6.00. The SMILES string of the molecule is CC(C)c1nc(Cl)cc(Cc2ccncc2)n1. The average molecular weight is 248 g/mol. The Morgan fingerprint density at radius 3 is 2.53 bits per heavy atom. The number of halogens is 1. The smallest absolute Gasteiger partial charge is 0.133 e. The number of hydrogen-bond donors (Lipinski definition) is 0. The van der Waals surface area contributed by atoms with Gasteiger partial charge in [0.1, 0.15) is 11.0 Å². The van der Waals surface area contributed by atoms with Crippen molar-refractivity contribution >= 4 is 11.6 Å². The lowest BCUT2D eigenvalue weighted by Gasteiger charge is -2.07. The summed E-state index contributed by atoms with van der Waals surface area (Å²) < 4.78 is 0. The van der Waals surface area contributed by atoms with Crippen LogP contribution in [0, 0.1) is 0 Å². The van der Waals surface area contributed by atoms with Gasteiger partial charge in [-0.05, 0) is 23.8 Å². The van der Waals surface area contributed by atoms with E-state index < -0.39 is 0 Å². The van der Waals surface area contributed by atoms with Crippen LogP contribution in [0.2, 0.25) is 5.15 Å². The minimum absolute atomic E-state index is 0.282. The summed E-state index contributed by atoms with van der Waals surface area (Å²) in [7, 11) is 0. The monoisotopic (exact) mass is 247 g/mol. The number of hydrogen-bond acceptors (Lipinski definition) is 3. The lowest BCUT2D eigenvalue weighted by molar-refractivity contribution is 0.761. The second kappa shape index (κ2) is 5.23. The summed E-state index contributed by atoms with van der Waals surface area (Å²) in [5.74, 6) is 1.08. The van der Waals surface area contributed by atoms with Crippen molar-refractivity contribution < 1.29 is 0 Å². The summed E-state index contributed by atoms with van der Waals surface area (Å²) in [5, 5.41) is 0.507. The fourth-order valence-electron chi connectivity index (χ4n) is 1.54. The molecule has 0 radical (unpaired) electrons. The molecule has 0 aliphatic carbocycles. The van der Waals surface area contributed by atoms with Crippen molar-refractivity contribution in [3.8, 4) is 0 Å². The van der Waals surface area contributed by atoms with Gasteiger partial charge in [0, 0.05) is 30.4 Å². The number of pyridine rings is 1. The molecule has 17 heavy (non-hydrogen) atoms. The van der Waals surface area contributed by atoms with Crippen molar-refractivity contribution in [3.63, 3.8) is 0 Å². The Morgan fingerprint density at radius 2 is 1.88 bits per heavy atom. The summed E-state index contributed by atoms with van der Waals surface area (Å²) in [6.07, 6.45) is 4.31. The average Bonchev–Trinajstić information content (AvgIpc) is 2.29. The number of rotatable bonds is 3. The number of nitrogens with zero attached hydrogens (tertiary/aromatic N) is 3. The van der Waals surface area contributed by atoms with Gasteiger partial charge in [0.15, 0.2) is 0 Å². The molecule has 0 saturated carbocycles. The molecule has 0 N–H and O–H groups in total. The molecular weight excluding hydrogens is 234 g/mol. The zero-order valence-corrected chi connectivity index (χ0v) is 10.6. The maximum absolute atomic E-state index is 6.00. The van der Waals surface area contributed by atoms with Crippen molar-refractivity contribution in [2.75, 3.05) is 0 Å². The molecule has 0 unspecified atom stereocenters. The van der Waals surface area contributed by atoms with E-state index in [0.717, 1.165) is 17.9 Å². The van der Waals surface area contributed by atoms with Gasteiger partial charge < -0.3 is 0 Å². The van der Waals surface area contributed by atoms with Crippen LogP contribution in [0.1, 0.15) is 36.8 Å². The van der Waals surface area contributed by atoms with Gasteiger partial charge in [-0.25, -0.2) is 9.97 Å². The molecule has 0 spiro atoms. The zero-order valence-electron chi connectivity index (χ0n) is 9.89. The first-order valence-electron chi connectivity index (χ1n) is 5.57. The predicted octanol–water partition coefficient (Wildman–Crippen LogP) is 3.24. The van der Waals surface area contributed by atoms with Gasteiger partial charge in [0.2, 0.25) is 0 Å². The van der Waals surface area contributed by atoms with Gasteiger partial charge in [-0.3, -0.25) is 4.98 Å². The van der Waals surface area contributed by atoms with Crippen LogP contribution in [-0.4, -0.2) is 15.0 Å². The van der Waals surface area contributed by atoms with Crippen LogP contribution in [0.25, 0.3) is 0 Å². The molecule has 0 amide bonds. The van der Waals surface area contributed by atoms with Crippen molar-refractivity contribution in [3.05, 3.63) is 52.8 Å². The van der Waals surface area contributed by atoms with E-state index in [2.05, 4.69) is 28.8 Å². The van der Waals surface area contributed by atoms with E-state index in [1.54, 1.807) is 12.4 Å². The predicted molar refractivity (Wildman–Crippen MR) is 68.2 cm³/mol. The quantitative estimate of drug-likeness (QED) is 0.782. The van der Waals surface area contributed by atoms with Crippen LogP contribution in [0.3, 0.4) is 0 Å². The van der Waals surface area contributed by atoms with Crippen LogP contribution < -0.4 is 0 Å². The van der Waals surface area contributed by atoms with Gasteiger partial charge >= 0.3 is 0 Å². The molecule has 2 aromatic rings. The van der Waals surface area contributed by atoms with Gasteiger partial charge in [-0.1, -0.05) is 25.4 Å². The Bertz CT molecular complexity index is 497. The molecule has 2 aromatic heterocycles. The minimum Gasteiger partial charge on any atom is -0.265 e. The summed E-state index contributed by atoms with van der Waals surface area (Å²) in [5.41, 5.74) is 2.12. The van der Waals surface area contributed by atoms with Crippen LogP contribution >= 0.6 is 11.6 Å². The van der Waals surface area contributed by atoms with E-state index in [4.69, 9.17) is 11.6 Å². The fourth-order valence-corrected chi connectivity index (χ4v) is 1.75. The largest absolute Gasteiger partial charge is 0.265 e. The molecule has 4 heteroatoms. The highest BCUT2D eigenvalue weighted by Gasteiger charge is 2.07. The normalized spacial score (nSPS) is 10.8. The van der Waals surface area contributed by atoms with Crippen molar-refractivity contribution in [1.29, 1.82) is 0 Å². The molecule has 0 bridgehead atoms. The maximum atomic E-state index is 6.00. The molecule has 2 rings (SSSR count). The molecule has 0 fully saturated rings. The van der Waals surface area contributed by atoms with Gasteiger partial charge in [0.05, 0.1) is 0 Å². The van der Waals surface area contributed by atoms with Crippen molar-refractivity contribution in [2.24, 2.45) is 0 Å². The molecule has 2 heterocycles. The highest BCUT2D eigenvalue weighted by atomic mass is 35.5. The first kappa shape index (κ1) is 12.0. The van der Waals surface area contributed by atoms with Gasteiger partial charge in [-0.15, -0.1) is 0 Å². The Hall–Kier alpha value is -1.48. The highest BCUT2D eigenvalue weighted by molar-refractivity contribution is 6.29. The summed E-state index contributed by atoms with van der Waals surface area (Å²) in [6.45, 7) is 4.11. The van der Waals surface area contributed by atoms with Crippen LogP contribution in [-0.2, 0) is 6.42 Å². The number of aromatic nitrogens is 3. The molecule has 0 aliphatic rings. The van der Waals surface area contributed by atoms with Crippen molar-refractivity contribution in [1.82, 2.24) is 15.0 Å². The molecule has 0 saturated heterocycles. The first-order chi connectivity index (χ1) is 8.15. The van der Waals surface area contributed by atoms with Gasteiger partial charge in [-0.2, -0.15) is 0 Å². The standard InChI is InChI=1S/C13H14ClN3/c1-9(2)13-16-11(8-12(14)17-13)7-10-3-5-15-6-4-10/h3-6,8-9H,7H2,1-2H3. The molecule has 88 valence electrons. The highest BCUT2D eigenvalue weighted by Crippen LogP contribution is 2.16. The molecule has 0 aliphatic heterocycles. The van der Waals surface area contributed by atoms with Crippen molar-refractivity contribution in [2.45, 2.75) is 26.2 Å². The lowest BCUT2D eigenvalue weighted by Crippen LogP contribution is -2.02. The zero-order chi connectivity index (χ0) is 12.3. The fraction of sp³-hybridized carbons (Fsp3) is 0.308. The lowest BCUT2D eigenvalue weighted by atomic mass is 10.1. The molecule has 0 aromatic carbocycles. The van der Waals surface area contributed by atoms with E-state index in [0.29, 0.717) is 5.15 Å². The second-order valence-corrected chi connectivity index (χ2v) is 4.61. The van der Waals surface area contributed by atoms with E-state index in [-0.39, 0.29) is 5.92 Å².